The molecule has 0 radical (unpaired) electrons. The monoisotopic (exact) mass is 453 g/mol. The van der Waals surface area contributed by atoms with E-state index in [1.165, 1.54) is 16.8 Å². The molecule has 2 aromatic heterocycles. The topological polar surface area (TPSA) is 101 Å². The summed E-state index contributed by atoms with van der Waals surface area (Å²) in [7, 11) is -3.90. The highest BCUT2D eigenvalue weighted by molar-refractivity contribution is 7.89. The number of nitrogens with zero attached hydrogens (tertiary/aromatic N) is 1. The molecule has 2 heterocycles. The molecular weight excluding hydrogens is 433 g/mol. The Balaban J connectivity index is 2.10. The highest BCUT2D eigenvalue weighted by Gasteiger charge is 2.27. The zero-order chi connectivity index (χ0) is 23.0. The van der Waals surface area contributed by atoms with Crippen LogP contribution < -0.4 is 10.3 Å². The number of aromatic nitrogens is 2. The lowest BCUT2D eigenvalue weighted by molar-refractivity contribution is 0.0974. The van der Waals surface area contributed by atoms with Crippen LogP contribution in [0, 0.1) is 12.7 Å². The molecule has 9 heteroatoms. The summed E-state index contributed by atoms with van der Waals surface area (Å²) in [6.45, 7) is 1.83. The summed E-state index contributed by atoms with van der Waals surface area (Å²) in [5.74, 6) is -1.37. The van der Waals surface area contributed by atoms with E-state index in [-0.39, 0.29) is 23.4 Å². The standard InChI is InChI=1S/C23H20FN3O4S/c1-14-9-10-19-17(12-14)20(16-7-5-11-25-22(16)28)21(23(29)26-32(2,30)31)27(19)13-15-6-3-4-8-18(15)24/h3-12H,13H2,1-2H3,(H,25,28)(H,26,29). The van der Waals surface area contributed by atoms with Crippen molar-refractivity contribution in [1.82, 2.24) is 14.3 Å². The molecule has 0 saturated carbocycles. The first-order valence-electron chi connectivity index (χ1n) is 9.72. The average molecular weight is 453 g/mol. The number of carbonyl (C=O) groups is 1. The number of aryl methyl sites for hydroxylation is 1. The fraction of sp³-hybridized carbons (Fsp3) is 0.130. The number of hydrogen-bond donors (Lipinski definition) is 2. The third-order valence-electron chi connectivity index (χ3n) is 5.09. The Morgan fingerprint density at radius 1 is 1.12 bits per heavy atom. The van der Waals surface area contributed by atoms with Crippen LogP contribution in [-0.4, -0.2) is 30.1 Å². The van der Waals surface area contributed by atoms with Gasteiger partial charge < -0.3 is 9.55 Å². The maximum atomic E-state index is 14.5. The number of halogens is 1. The van der Waals surface area contributed by atoms with Gasteiger partial charge in [0.05, 0.1) is 12.8 Å². The van der Waals surface area contributed by atoms with Crippen molar-refractivity contribution in [1.29, 1.82) is 0 Å². The van der Waals surface area contributed by atoms with Crippen LogP contribution in [0.15, 0.2) is 65.6 Å². The van der Waals surface area contributed by atoms with Crippen molar-refractivity contribution < 1.29 is 17.6 Å². The number of sulfonamides is 1. The van der Waals surface area contributed by atoms with Gasteiger partial charge >= 0.3 is 0 Å². The average Bonchev–Trinajstić information content (AvgIpc) is 3.02. The summed E-state index contributed by atoms with van der Waals surface area (Å²) in [4.78, 5) is 28.4. The molecule has 2 aromatic carbocycles. The highest BCUT2D eigenvalue weighted by Crippen LogP contribution is 2.35. The number of pyridine rings is 1. The SMILES string of the molecule is Cc1ccc2c(c1)c(-c1ccc[nH]c1=O)c(C(=O)NS(C)(=O)=O)n2Cc1ccccc1F. The fourth-order valence-corrected chi connectivity index (χ4v) is 4.21. The lowest BCUT2D eigenvalue weighted by Gasteiger charge is -2.13. The van der Waals surface area contributed by atoms with E-state index in [4.69, 9.17) is 0 Å². The van der Waals surface area contributed by atoms with Crippen molar-refractivity contribution >= 4 is 26.8 Å². The van der Waals surface area contributed by atoms with Gasteiger partial charge in [0.1, 0.15) is 11.5 Å². The van der Waals surface area contributed by atoms with Gasteiger partial charge in [0.15, 0.2) is 0 Å². The van der Waals surface area contributed by atoms with E-state index in [0.717, 1.165) is 11.8 Å². The molecule has 0 aliphatic rings. The first kappa shape index (κ1) is 21.5. The first-order valence-corrected chi connectivity index (χ1v) is 11.6. The van der Waals surface area contributed by atoms with E-state index < -0.39 is 27.3 Å². The summed E-state index contributed by atoms with van der Waals surface area (Å²) in [5, 5.41) is 0.580. The molecule has 0 saturated heterocycles. The molecular formula is C23H20FN3O4S. The van der Waals surface area contributed by atoms with Gasteiger partial charge in [0.2, 0.25) is 10.0 Å². The number of carbonyl (C=O) groups excluding carboxylic acids is 1. The number of H-pyrrole nitrogens is 1. The number of nitrogens with one attached hydrogen (secondary N) is 2. The quantitative estimate of drug-likeness (QED) is 0.485. The molecule has 0 fully saturated rings. The number of rotatable bonds is 5. The Morgan fingerprint density at radius 2 is 1.88 bits per heavy atom. The van der Waals surface area contributed by atoms with Crippen molar-refractivity contribution in [2.75, 3.05) is 6.26 Å². The third kappa shape index (κ3) is 4.06. The molecule has 0 spiro atoms. The van der Waals surface area contributed by atoms with E-state index in [1.807, 2.05) is 23.8 Å². The summed E-state index contributed by atoms with van der Waals surface area (Å²) in [6.07, 6.45) is 2.33. The maximum absolute atomic E-state index is 14.5. The minimum Gasteiger partial charge on any atom is -0.331 e. The Labute approximate surface area is 183 Å². The molecule has 2 N–H and O–H groups in total. The fourth-order valence-electron chi connectivity index (χ4n) is 3.77. The normalized spacial score (nSPS) is 11.6. The molecule has 164 valence electrons. The van der Waals surface area contributed by atoms with Gasteiger partial charge in [0.25, 0.3) is 11.5 Å². The van der Waals surface area contributed by atoms with Gasteiger partial charge in [0, 0.05) is 33.8 Å². The molecule has 0 unspecified atom stereocenters. The Morgan fingerprint density at radius 3 is 2.56 bits per heavy atom. The van der Waals surface area contributed by atoms with Crippen LogP contribution in [0.1, 0.15) is 21.6 Å². The van der Waals surface area contributed by atoms with Gasteiger partial charge in [-0.25, -0.2) is 17.5 Å². The van der Waals surface area contributed by atoms with Gasteiger partial charge in [-0.2, -0.15) is 0 Å². The van der Waals surface area contributed by atoms with Crippen LogP contribution in [0.25, 0.3) is 22.0 Å². The second-order valence-corrected chi connectivity index (χ2v) is 9.29. The summed E-state index contributed by atoms with van der Waals surface area (Å²) in [6, 6.07) is 14.7. The largest absolute Gasteiger partial charge is 0.331 e. The van der Waals surface area contributed by atoms with E-state index in [1.54, 1.807) is 36.4 Å². The smallest absolute Gasteiger partial charge is 0.282 e. The van der Waals surface area contributed by atoms with E-state index >= 15 is 0 Å². The lowest BCUT2D eigenvalue weighted by Crippen LogP contribution is -2.32. The van der Waals surface area contributed by atoms with E-state index in [0.29, 0.717) is 16.5 Å². The first-order chi connectivity index (χ1) is 15.2. The Hall–Kier alpha value is -3.72. The third-order valence-corrected chi connectivity index (χ3v) is 5.64. The minimum atomic E-state index is -3.90. The van der Waals surface area contributed by atoms with Crippen molar-refractivity contribution in [2.24, 2.45) is 0 Å². The molecule has 0 aliphatic carbocycles. The van der Waals surface area contributed by atoms with Crippen LogP contribution >= 0.6 is 0 Å². The Kier molecular flexibility index (Phi) is 5.43. The van der Waals surface area contributed by atoms with E-state index in [9.17, 15) is 22.4 Å². The zero-order valence-corrected chi connectivity index (χ0v) is 18.2. The highest BCUT2D eigenvalue weighted by atomic mass is 32.2. The van der Waals surface area contributed by atoms with Gasteiger partial charge in [-0.1, -0.05) is 29.8 Å². The van der Waals surface area contributed by atoms with Crippen molar-refractivity contribution in [3.63, 3.8) is 0 Å². The predicted octanol–water partition coefficient (Wildman–Crippen LogP) is 3.18. The van der Waals surface area contributed by atoms with Gasteiger partial charge in [-0.3, -0.25) is 9.59 Å². The van der Waals surface area contributed by atoms with E-state index in [2.05, 4.69) is 4.98 Å². The molecule has 4 rings (SSSR count). The molecule has 0 bridgehead atoms. The number of benzene rings is 2. The number of amides is 1. The number of hydrogen-bond acceptors (Lipinski definition) is 4. The van der Waals surface area contributed by atoms with Crippen molar-refractivity contribution in [3.05, 3.63) is 93.8 Å². The zero-order valence-electron chi connectivity index (χ0n) is 17.3. The molecule has 32 heavy (non-hydrogen) atoms. The predicted molar refractivity (Wildman–Crippen MR) is 121 cm³/mol. The molecule has 0 aliphatic heterocycles. The van der Waals surface area contributed by atoms with Crippen LogP contribution in [0.3, 0.4) is 0 Å². The van der Waals surface area contributed by atoms with Gasteiger partial charge in [-0.05, 0) is 37.3 Å². The summed E-state index contributed by atoms with van der Waals surface area (Å²) >= 11 is 0. The van der Waals surface area contributed by atoms with Crippen molar-refractivity contribution in [2.45, 2.75) is 13.5 Å². The number of fused-ring (bicyclic) bond motifs is 1. The minimum absolute atomic E-state index is 0.0382. The summed E-state index contributed by atoms with van der Waals surface area (Å²) in [5.41, 5.74) is 1.76. The second kappa shape index (κ2) is 8.08. The van der Waals surface area contributed by atoms with Crippen LogP contribution in [0.5, 0.6) is 0 Å². The maximum Gasteiger partial charge on any atom is 0.282 e. The summed E-state index contributed by atoms with van der Waals surface area (Å²) < 4.78 is 41.7. The Bertz CT molecular complexity index is 1520. The number of aromatic amines is 1. The molecule has 1 amide bonds. The second-order valence-electron chi connectivity index (χ2n) is 7.54. The molecule has 7 nitrogen and oxygen atoms in total. The van der Waals surface area contributed by atoms with Crippen LogP contribution in [0.2, 0.25) is 0 Å². The lowest BCUT2D eigenvalue weighted by atomic mass is 10.0. The molecule has 4 aromatic rings. The van der Waals surface area contributed by atoms with Crippen LogP contribution in [-0.2, 0) is 16.6 Å². The van der Waals surface area contributed by atoms with Crippen LogP contribution in [0.4, 0.5) is 4.39 Å². The molecule has 0 atom stereocenters. The van der Waals surface area contributed by atoms with Crippen molar-refractivity contribution in [3.8, 4) is 11.1 Å². The van der Waals surface area contributed by atoms with Gasteiger partial charge in [-0.15, -0.1) is 0 Å².